The number of anilines is 1. The number of nitrogens with two attached hydrogens (primary N) is 1. The second-order valence-electron chi connectivity index (χ2n) is 10.3. The standard InChI is InChI=1S/C25H25N3O5/c26-21-20-18(22(30)27-23(20)31)8-19(29)28(21)17-3-1-2-16(7-17)24(32)33-12-25-9-13-4-14(10-25)6-15(5-13)11-25/h1-3,7-8,13-15H,4-6,9-12,26H2,(H,27,30,31). The fourth-order valence-corrected chi connectivity index (χ4v) is 7.09. The summed E-state index contributed by atoms with van der Waals surface area (Å²) in [5.41, 5.74) is 6.23. The van der Waals surface area contributed by atoms with Crippen molar-refractivity contribution in [1.29, 1.82) is 0 Å². The first-order chi connectivity index (χ1) is 15.8. The average molecular weight is 447 g/mol. The summed E-state index contributed by atoms with van der Waals surface area (Å²) in [7, 11) is 0. The smallest absolute Gasteiger partial charge is 0.338 e. The Labute approximate surface area is 190 Å². The van der Waals surface area contributed by atoms with Gasteiger partial charge in [0.25, 0.3) is 17.4 Å². The second-order valence-corrected chi connectivity index (χ2v) is 10.3. The summed E-state index contributed by atoms with van der Waals surface area (Å²) in [6, 6.07) is 7.51. The highest BCUT2D eigenvalue weighted by atomic mass is 16.5. The molecular weight excluding hydrogens is 422 g/mol. The van der Waals surface area contributed by atoms with Crippen molar-refractivity contribution in [2.24, 2.45) is 23.2 Å². The molecule has 4 bridgehead atoms. The first kappa shape index (κ1) is 20.2. The van der Waals surface area contributed by atoms with Gasteiger partial charge >= 0.3 is 5.97 Å². The van der Waals surface area contributed by atoms with Gasteiger partial charge in [0.05, 0.1) is 29.0 Å². The molecule has 2 amide bonds. The number of carbonyl (C=O) groups is 3. The lowest BCUT2D eigenvalue weighted by Crippen LogP contribution is -2.48. The van der Waals surface area contributed by atoms with Crippen molar-refractivity contribution in [2.75, 3.05) is 12.3 Å². The maximum atomic E-state index is 12.9. The van der Waals surface area contributed by atoms with Gasteiger partial charge in [-0.2, -0.15) is 0 Å². The molecule has 1 aliphatic heterocycles. The predicted octanol–water partition coefficient (Wildman–Crippen LogP) is 2.68. The summed E-state index contributed by atoms with van der Waals surface area (Å²) in [5.74, 6) is 0.458. The number of carbonyl (C=O) groups excluding carboxylic acids is 3. The largest absolute Gasteiger partial charge is 0.462 e. The fourth-order valence-electron chi connectivity index (χ4n) is 7.09. The normalized spacial score (nSPS) is 29.2. The SMILES string of the molecule is Nc1c2c(cc(=O)n1-c1cccc(C(=O)OCC34CC5CC(CC(C5)C3)C4)c1)C(=O)NC2=O. The van der Waals surface area contributed by atoms with Crippen LogP contribution in [0.3, 0.4) is 0 Å². The molecule has 5 aliphatic rings. The molecule has 170 valence electrons. The zero-order chi connectivity index (χ0) is 22.9. The van der Waals surface area contributed by atoms with Crippen molar-refractivity contribution in [3.8, 4) is 5.69 Å². The number of nitrogens with zero attached hydrogens (tertiary/aromatic N) is 1. The predicted molar refractivity (Wildman–Crippen MR) is 119 cm³/mol. The molecule has 3 N–H and O–H groups in total. The molecule has 7 rings (SSSR count). The van der Waals surface area contributed by atoms with E-state index in [0.29, 0.717) is 17.9 Å². The number of imide groups is 1. The van der Waals surface area contributed by atoms with Crippen LogP contribution in [0.25, 0.3) is 5.69 Å². The highest BCUT2D eigenvalue weighted by molar-refractivity contribution is 6.23. The Morgan fingerprint density at radius 2 is 1.70 bits per heavy atom. The molecule has 4 fully saturated rings. The first-order valence-electron chi connectivity index (χ1n) is 11.5. The number of hydrogen-bond acceptors (Lipinski definition) is 6. The molecule has 2 heterocycles. The van der Waals surface area contributed by atoms with E-state index < -0.39 is 23.3 Å². The molecule has 1 aromatic carbocycles. The molecule has 2 aromatic rings. The van der Waals surface area contributed by atoms with Gasteiger partial charge in [-0.1, -0.05) is 6.07 Å². The van der Waals surface area contributed by atoms with Crippen molar-refractivity contribution in [1.82, 2.24) is 9.88 Å². The zero-order valence-corrected chi connectivity index (χ0v) is 18.1. The van der Waals surface area contributed by atoms with Crippen LogP contribution in [-0.4, -0.2) is 29.0 Å². The highest BCUT2D eigenvalue weighted by Gasteiger charge is 2.51. The van der Waals surface area contributed by atoms with E-state index in [0.717, 1.165) is 47.6 Å². The quantitative estimate of drug-likeness (QED) is 0.549. The Hall–Kier alpha value is -3.42. The average Bonchev–Trinajstić information content (AvgIpc) is 3.04. The summed E-state index contributed by atoms with van der Waals surface area (Å²) in [6.07, 6.45) is 7.43. The van der Waals surface area contributed by atoms with E-state index in [4.69, 9.17) is 10.5 Å². The number of aromatic nitrogens is 1. The van der Waals surface area contributed by atoms with Gasteiger partial charge in [0.1, 0.15) is 5.82 Å². The highest BCUT2D eigenvalue weighted by Crippen LogP contribution is 2.60. The molecule has 0 saturated heterocycles. The molecular formula is C25H25N3O5. The summed E-state index contributed by atoms with van der Waals surface area (Å²) in [5, 5.41) is 2.15. The lowest BCUT2D eigenvalue weighted by Gasteiger charge is -2.56. The van der Waals surface area contributed by atoms with Crippen LogP contribution in [0.2, 0.25) is 0 Å². The molecule has 0 unspecified atom stereocenters. The third-order valence-corrected chi connectivity index (χ3v) is 7.97. The summed E-state index contributed by atoms with van der Waals surface area (Å²) in [4.78, 5) is 49.6. The molecule has 8 nitrogen and oxygen atoms in total. The molecule has 0 atom stereocenters. The van der Waals surface area contributed by atoms with Crippen molar-refractivity contribution < 1.29 is 19.1 Å². The number of ether oxygens (including phenoxy) is 1. The monoisotopic (exact) mass is 447 g/mol. The van der Waals surface area contributed by atoms with E-state index in [2.05, 4.69) is 5.32 Å². The Kier molecular flexibility index (Phi) is 4.31. The van der Waals surface area contributed by atoms with Gasteiger partial charge in [0.2, 0.25) is 0 Å². The summed E-state index contributed by atoms with van der Waals surface area (Å²) >= 11 is 0. The van der Waals surface area contributed by atoms with Crippen LogP contribution in [0.1, 0.15) is 69.6 Å². The lowest BCUT2D eigenvalue weighted by atomic mass is 9.50. The molecule has 4 saturated carbocycles. The van der Waals surface area contributed by atoms with E-state index in [1.54, 1.807) is 18.2 Å². The first-order valence-corrected chi connectivity index (χ1v) is 11.5. The topological polar surface area (TPSA) is 120 Å². The number of rotatable bonds is 4. The number of hydrogen-bond donors (Lipinski definition) is 2. The Balaban J connectivity index is 1.26. The van der Waals surface area contributed by atoms with Crippen LogP contribution in [0, 0.1) is 23.2 Å². The Morgan fingerprint density at radius 1 is 1.03 bits per heavy atom. The number of fused-ring (bicyclic) bond motifs is 1. The van der Waals surface area contributed by atoms with E-state index in [-0.39, 0.29) is 22.4 Å². The second kappa shape index (κ2) is 7.04. The number of amides is 2. The van der Waals surface area contributed by atoms with Gasteiger partial charge in [-0.05, 0) is 74.5 Å². The molecule has 0 radical (unpaired) electrons. The van der Waals surface area contributed by atoms with E-state index in [9.17, 15) is 19.2 Å². The van der Waals surface area contributed by atoms with Crippen LogP contribution in [-0.2, 0) is 4.74 Å². The maximum Gasteiger partial charge on any atom is 0.338 e. The van der Waals surface area contributed by atoms with Crippen LogP contribution in [0.5, 0.6) is 0 Å². The summed E-state index contributed by atoms with van der Waals surface area (Å²) < 4.78 is 6.93. The lowest BCUT2D eigenvalue weighted by molar-refractivity contribution is -0.0848. The van der Waals surface area contributed by atoms with E-state index in [1.165, 1.54) is 25.3 Å². The fraction of sp³-hybridized carbons (Fsp3) is 0.440. The van der Waals surface area contributed by atoms with E-state index >= 15 is 0 Å². The molecule has 4 aliphatic carbocycles. The van der Waals surface area contributed by atoms with Gasteiger partial charge in [0, 0.05) is 11.5 Å². The van der Waals surface area contributed by atoms with Gasteiger partial charge in [-0.15, -0.1) is 0 Å². The minimum absolute atomic E-state index is 0.0330. The van der Waals surface area contributed by atoms with Gasteiger partial charge < -0.3 is 10.5 Å². The minimum Gasteiger partial charge on any atom is -0.462 e. The van der Waals surface area contributed by atoms with Crippen LogP contribution >= 0.6 is 0 Å². The molecule has 33 heavy (non-hydrogen) atoms. The Morgan fingerprint density at radius 3 is 2.36 bits per heavy atom. The molecule has 8 heteroatoms. The summed E-state index contributed by atoms with van der Waals surface area (Å²) in [6.45, 7) is 0.433. The minimum atomic E-state index is -0.646. The maximum absolute atomic E-state index is 12.9. The van der Waals surface area contributed by atoms with Gasteiger partial charge in [-0.3, -0.25) is 24.3 Å². The van der Waals surface area contributed by atoms with Gasteiger partial charge in [0.15, 0.2) is 0 Å². The Bertz CT molecular complexity index is 1240. The van der Waals surface area contributed by atoms with Crippen molar-refractivity contribution in [3.05, 3.63) is 57.4 Å². The number of benzene rings is 1. The number of nitrogens with one attached hydrogen (secondary N) is 1. The van der Waals surface area contributed by atoms with Gasteiger partial charge in [-0.25, -0.2) is 4.79 Å². The molecule has 0 spiro atoms. The number of pyridine rings is 1. The third kappa shape index (κ3) is 3.19. The van der Waals surface area contributed by atoms with Crippen LogP contribution < -0.4 is 16.6 Å². The molecule has 1 aromatic heterocycles. The number of nitrogen functional groups attached to an aromatic ring is 1. The van der Waals surface area contributed by atoms with Crippen molar-refractivity contribution in [2.45, 2.75) is 38.5 Å². The van der Waals surface area contributed by atoms with Crippen molar-refractivity contribution in [3.63, 3.8) is 0 Å². The van der Waals surface area contributed by atoms with Crippen LogP contribution in [0.4, 0.5) is 5.82 Å². The van der Waals surface area contributed by atoms with E-state index in [1.807, 2.05) is 0 Å². The van der Waals surface area contributed by atoms with Crippen molar-refractivity contribution >= 4 is 23.6 Å². The number of esters is 1. The zero-order valence-electron chi connectivity index (χ0n) is 18.1. The van der Waals surface area contributed by atoms with Crippen LogP contribution in [0.15, 0.2) is 35.1 Å². The third-order valence-electron chi connectivity index (χ3n) is 7.97.